The van der Waals surface area contributed by atoms with Gasteiger partial charge in [-0.25, -0.2) is 4.98 Å². The van der Waals surface area contributed by atoms with Crippen LogP contribution in [0.5, 0.6) is 0 Å². The van der Waals surface area contributed by atoms with Gasteiger partial charge in [-0.15, -0.1) is 0 Å². The minimum absolute atomic E-state index is 0.0229. The molecule has 3 N–H and O–H groups in total. The van der Waals surface area contributed by atoms with Gasteiger partial charge in [0.05, 0.1) is 33.4 Å². The normalized spacial score (nSPS) is 15.0. The molecule has 0 radical (unpaired) electrons. The third-order valence-electron chi connectivity index (χ3n) is 6.22. The van der Waals surface area contributed by atoms with Crippen LogP contribution in [0.25, 0.3) is 22.6 Å². The van der Waals surface area contributed by atoms with Gasteiger partial charge in [-0.1, -0.05) is 6.07 Å². The van der Waals surface area contributed by atoms with E-state index in [1.165, 1.54) is 18.3 Å². The van der Waals surface area contributed by atoms with Crippen molar-refractivity contribution in [3.8, 4) is 11.5 Å². The van der Waals surface area contributed by atoms with Crippen LogP contribution in [-0.2, 0) is 16.4 Å². The maximum absolute atomic E-state index is 13.0. The van der Waals surface area contributed by atoms with Gasteiger partial charge in [0.15, 0.2) is 11.5 Å². The number of fused-ring (bicyclic) bond motifs is 2. The zero-order chi connectivity index (χ0) is 25.1. The Morgan fingerprint density at radius 1 is 1.20 bits per heavy atom. The average molecular weight is 482 g/mol. The molecule has 0 aliphatic carbocycles. The van der Waals surface area contributed by atoms with Crippen molar-refractivity contribution >= 4 is 34.2 Å². The Labute approximate surface area is 197 Å². The number of H-pyrrole nitrogens is 2. The highest BCUT2D eigenvalue weighted by molar-refractivity contribution is 6.09. The highest BCUT2D eigenvalue weighted by atomic mass is 19.4. The second kappa shape index (κ2) is 7.69. The number of hydrogen-bond acceptors (Lipinski definition) is 4. The topological polar surface area (TPSA) is 107 Å². The predicted octanol–water partition coefficient (Wildman–Crippen LogP) is 4.87. The van der Waals surface area contributed by atoms with Gasteiger partial charge in [0, 0.05) is 18.3 Å². The number of alkyl halides is 3. The fraction of sp³-hybridized carbons (Fsp3) is 0.250. The fourth-order valence-corrected chi connectivity index (χ4v) is 4.35. The van der Waals surface area contributed by atoms with Gasteiger partial charge in [-0.2, -0.15) is 18.3 Å². The van der Waals surface area contributed by atoms with Gasteiger partial charge in [-0.05, 0) is 56.7 Å². The number of imidazole rings is 1. The Morgan fingerprint density at radius 2 is 1.97 bits per heavy atom. The van der Waals surface area contributed by atoms with E-state index in [0.29, 0.717) is 29.1 Å². The van der Waals surface area contributed by atoms with Crippen LogP contribution in [0.2, 0.25) is 0 Å². The van der Waals surface area contributed by atoms with Crippen molar-refractivity contribution in [2.45, 2.75) is 32.4 Å². The second-order valence-electron chi connectivity index (χ2n) is 8.83. The minimum atomic E-state index is -4.56. The number of nitrogens with zero attached hydrogens (tertiary/aromatic N) is 3. The van der Waals surface area contributed by atoms with Gasteiger partial charge in [0.25, 0.3) is 5.91 Å². The van der Waals surface area contributed by atoms with Gasteiger partial charge < -0.3 is 15.2 Å². The summed E-state index contributed by atoms with van der Waals surface area (Å²) in [5, 5.41) is 9.41. The van der Waals surface area contributed by atoms with Crippen molar-refractivity contribution in [1.29, 1.82) is 0 Å². The monoisotopic (exact) mass is 482 g/mol. The van der Waals surface area contributed by atoms with Crippen molar-refractivity contribution < 1.29 is 22.8 Å². The molecule has 2 aromatic carbocycles. The summed E-state index contributed by atoms with van der Waals surface area (Å²) in [4.78, 5) is 34.9. The molecule has 0 saturated carbocycles. The average Bonchev–Trinajstić information content (AvgIpc) is 3.48. The number of aromatic nitrogens is 4. The van der Waals surface area contributed by atoms with Crippen molar-refractivity contribution in [3.63, 3.8) is 0 Å². The summed E-state index contributed by atoms with van der Waals surface area (Å²) in [5.41, 5.74) is 1.80. The number of likely N-dealkylation sites (N-methyl/N-ethyl adjacent to an activating group) is 1. The number of nitrogens with one attached hydrogen (secondary N) is 3. The molecule has 11 heteroatoms. The Hall–Kier alpha value is -4.15. The van der Waals surface area contributed by atoms with Crippen LogP contribution < -0.4 is 10.2 Å². The highest BCUT2D eigenvalue weighted by Crippen LogP contribution is 2.43. The molecule has 2 aromatic heterocycles. The molecule has 0 atom stereocenters. The third-order valence-corrected chi connectivity index (χ3v) is 6.22. The van der Waals surface area contributed by atoms with Gasteiger partial charge in [-0.3, -0.25) is 14.7 Å². The largest absolute Gasteiger partial charge is 0.416 e. The fourth-order valence-electron chi connectivity index (χ4n) is 4.35. The predicted molar refractivity (Wildman–Crippen MR) is 124 cm³/mol. The van der Waals surface area contributed by atoms with Crippen LogP contribution >= 0.6 is 0 Å². The van der Waals surface area contributed by atoms with Crippen LogP contribution in [0.3, 0.4) is 0 Å². The highest BCUT2D eigenvalue weighted by Gasteiger charge is 2.43. The first-order chi connectivity index (χ1) is 16.5. The van der Waals surface area contributed by atoms with Crippen molar-refractivity contribution in [3.05, 3.63) is 59.3 Å². The van der Waals surface area contributed by atoms with E-state index in [9.17, 15) is 22.8 Å². The van der Waals surface area contributed by atoms with Gasteiger partial charge in [0.1, 0.15) is 0 Å². The number of hydrogen-bond donors (Lipinski definition) is 3. The number of benzene rings is 2. The zero-order valence-electron chi connectivity index (χ0n) is 19.0. The number of rotatable bonds is 4. The van der Waals surface area contributed by atoms with Crippen LogP contribution in [0.4, 0.5) is 24.5 Å². The summed E-state index contributed by atoms with van der Waals surface area (Å²) >= 11 is 0. The molecule has 180 valence electrons. The lowest BCUT2D eigenvalue weighted by atomic mass is 9.86. The number of carbonyl (C=O) groups excluding carboxylic acids is 2. The molecule has 1 aliphatic rings. The summed E-state index contributed by atoms with van der Waals surface area (Å²) in [6.07, 6.45) is -3.13. The molecule has 0 fully saturated rings. The molecule has 4 aromatic rings. The van der Waals surface area contributed by atoms with Crippen molar-refractivity contribution in [1.82, 2.24) is 20.2 Å². The number of aromatic amines is 2. The molecule has 0 bridgehead atoms. The molecule has 0 unspecified atom stereocenters. The van der Waals surface area contributed by atoms with E-state index in [1.807, 2.05) is 32.9 Å². The Morgan fingerprint density at radius 3 is 2.69 bits per heavy atom. The van der Waals surface area contributed by atoms with Crippen molar-refractivity contribution in [2.75, 3.05) is 16.8 Å². The van der Waals surface area contributed by atoms with E-state index in [4.69, 9.17) is 0 Å². The van der Waals surface area contributed by atoms with E-state index in [0.717, 1.165) is 23.4 Å². The number of anilines is 2. The Kier molecular flexibility index (Phi) is 4.97. The summed E-state index contributed by atoms with van der Waals surface area (Å²) in [5.74, 6) is -0.334. The van der Waals surface area contributed by atoms with Crippen molar-refractivity contribution in [2.24, 2.45) is 0 Å². The first kappa shape index (κ1) is 22.6. The van der Waals surface area contributed by atoms with Crippen LogP contribution in [0, 0.1) is 0 Å². The SMILES string of the molecule is CCN1C(=O)C(C)(C)c2cc3[nH]c(-c4n[nH]cc4NC(=O)c4cccc(C(F)(F)F)c4)nc3cc21. The first-order valence-electron chi connectivity index (χ1n) is 10.9. The summed E-state index contributed by atoms with van der Waals surface area (Å²) in [7, 11) is 0. The molecular weight excluding hydrogens is 461 g/mol. The summed E-state index contributed by atoms with van der Waals surface area (Å²) in [6.45, 7) is 6.19. The molecule has 8 nitrogen and oxygen atoms in total. The number of halogens is 3. The summed E-state index contributed by atoms with van der Waals surface area (Å²) in [6, 6.07) is 7.91. The quantitative estimate of drug-likeness (QED) is 0.386. The third kappa shape index (κ3) is 3.63. The molecule has 3 heterocycles. The lowest BCUT2D eigenvalue weighted by Gasteiger charge is -2.18. The van der Waals surface area contributed by atoms with Crippen LogP contribution in [0.1, 0.15) is 42.3 Å². The number of carbonyl (C=O) groups is 2. The molecule has 5 rings (SSSR count). The maximum atomic E-state index is 13.0. The van der Waals surface area contributed by atoms with Crippen LogP contribution in [-0.4, -0.2) is 38.5 Å². The van der Waals surface area contributed by atoms with Gasteiger partial charge >= 0.3 is 6.18 Å². The molecule has 35 heavy (non-hydrogen) atoms. The van der Waals surface area contributed by atoms with E-state index < -0.39 is 23.1 Å². The zero-order valence-corrected chi connectivity index (χ0v) is 19.0. The molecular formula is C24H21F3N6O2. The number of amides is 2. The van der Waals surface area contributed by atoms with E-state index >= 15 is 0 Å². The van der Waals surface area contributed by atoms with E-state index in [2.05, 4.69) is 25.5 Å². The molecule has 1 aliphatic heterocycles. The Bertz CT molecular complexity index is 1480. The van der Waals surface area contributed by atoms with E-state index in [-0.39, 0.29) is 17.2 Å². The molecule has 0 spiro atoms. The lowest BCUT2D eigenvalue weighted by Crippen LogP contribution is -2.35. The second-order valence-corrected chi connectivity index (χ2v) is 8.83. The molecule has 0 saturated heterocycles. The molecule has 2 amide bonds. The summed E-state index contributed by atoms with van der Waals surface area (Å²) < 4.78 is 39.1. The van der Waals surface area contributed by atoms with Gasteiger partial charge in [0.2, 0.25) is 5.91 Å². The maximum Gasteiger partial charge on any atom is 0.416 e. The Balaban J connectivity index is 1.48. The van der Waals surface area contributed by atoms with E-state index in [1.54, 1.807) is 4.90 Å². The smallest absolute Gasteiger partial charge is 0.337 e. The van der Waals surface area contributed by atoms with Crippen LogP contribution in [0.15, 0.2) is 42.6 Å². The minimum Gasteiger partial charge on any atom is -0.337 e. The first-order valence-corrected chi connectivity index (χ1v) is 10.9. The lowest BCUT2D eigenvalue weighted by molar-refractivity contribution is -0.137. The standard InChI is InChI=1S/C24H21F3N6O2/c1-4-33-18-10-16-15(9-14(18)23(2,3)22(33)35)29-20(30-16)19-17(11-28-32-19)31-21(34)12-6-5-7-13(8-12)24(25,26)27/h5-11H,4H2,1-3H3,(H,28,32)(H,29,30)(H,31,34).